The van der Waals surface area contributed by atoms with Crippen LogP contribution in [0.1, 0.15) is 63.5 Å². The van der Waals surface area contributed by atoms with Crippen LogP contribution in [0.2, 0.25) is 0 Å². The minimum Gasteiger partial charge on any atom is -0.506 e. The summed E-state index contributed by atoms with van der Waals surface area (Å²) < 4.78 is 11.6. The van der Waals surface area contributed by atoms with Gasteiger partial charge in [0.05, 0.1) is 18.2 Å². The second-order valence-electron chi connectivity index (χ2n) is 16.6. The second-order valence-corrected chi connectivity index (χ2v) is 16.6. The van der Waals surface area contributed by atoms with Crippen LogP contribution in [-0.4, -0.2) is 95.5 Å². The number of phenolic OH excluding ortho intramolecular Hbond substituents is 1. The molecule has 7 rings (SSSR count). The summed E-state index contributed by atoms with van der Waals surface area (Å²) in [7, 11) is 0. The van der Waals surface area contributed by atoms with Crippen LogP contribution in [0.3, 0.4) is 0 Å². The van der Waals surface area contributed by atoms with Crippen LogP contribution in [0.4, 0.5) is 0 Å². The number of likely N-dealkylation sites (tertiary alicyclic amines) is 1. The number of amides is 2. The van der Waals surface area contributed by atoms with Crippen molar-refractivity contribution in [3.8, 4) is 11.5 Å². The van der Waals surface area contributed by atoms with Gasteiger partial charge in [0.15, 0.2) is 6.61 Å². The van der Waals surface area contributed by atoms with Gasteiger partial charge in [-0.3, -0.25) is 19.3 Å². The van der Waals surface area contributed by atoms with Gasteiger partial charge in [-0.2, -0.15) is 0 Å². The number of aliphatic hydroxyl groups excluding tert-OH is 1. The summed E-state index contributed by atoms with van der Waals surface area (Å²) >= 11 is 0. The van der Waals surface area contributed by atoms with Crippen molar-refractivity contribution >= 4 is 28.7 Å². The van der Waals surface area contributed by atoms with Crippen LogP contribution >= 0.6 is 0 Å². The van der Waals surface area contributed by atoms with E-state index in [9.17, 15) is 34.5 Å². The van der Waals surface area contributed by atoms with Gasteiger partial charge in [-0.05, 0) is 110 Å². The number of aliphatic hydroxyl groups is 2. The van der Waals surface area contributed by atoms with E-state index in [1.54, 1.807) is 78.9 Å². The van der Waals surface area contributed by atoms with Crippen LogP contribution in [0, 0.1) is 5.92 Å². The van der Waals surface area contributed by atoms with Crippen LogP contribution in [0.15, 0.2) is 138 Å². The van der Waals surface area contributed by atoms with Crippen LogP contribution in [0.5, 0.6) is 11.5 Å². The number of rotatable bonds is 21. The fourth-order valence-electron chi connectivity index (χ4n) is 8.12. The van der Waals surface area contributed by atoms with E-state index in [1.165, 1.54) is 17.7 Å². The summed E-state index contributed by atoms with van der Waals surface area (Å²) in [5.74, 6) is -0.975. The Kier molecular flexibility index (Phi) is 16.3. The van der Waals surface area contributed by atoms with Gasteiger partial charge >= 0.3 is 5.97 Å². The monoisotopic (exact) mass is 895 g/mol. The molecule has 7 N–H and O–H groups in total. The molecule has 66 heavy (non-hydrogen) atoms. The zero-order valence-corrected chi connectivity index (χ0v) is 36.8. The molecular weight excluding hydrogens is 839 g/mol. The van der Waals surface area contributed by atoms with Gasteiger partial charge in [-0.25, -0.2) is 4.79 Å². The Labute approximate surface area is 383 Å². The molecule has 0 unspecified atom stereocenters. The molecule has 1 aliphatic heterocycles. The molecule has 344 valence electrons. The Morgan fingerprint density at radius 2 is 1.50 bits per heavy atom. The first-order chi connectivity index (χ1) is 32.1. The minimum atomic E-state index is -2.11. The number of pyridine rings is 1. The van der Waals surface area contributed by atoms with E-state index in [4.69, 9.17) is 9.47 Å². The summed E-state index contributed by atoms with van der Waals surface area (Å²) in [6.07, 6.45) is 2.05. The number of nitrogens with zero attached hydrogens (tertiary/aromatic N) is 1. The van der Waals surface area contributed by atoms with Crippen LogP contribution in [-0.2, 0) is 32.9 Å². The number of aromatic nitrogens is 1. The molecule has 0 radical (unpaired) electrons. The number of phenols is 1. The average Bonchev–Trinajstić information content (AvgIpc) is 3.35. The Hall–Kier alpha value is -6.84. The van der Waals surface area contributed by atoms with E-state index in [1.807, 2.05) is 30.3 Å². The molecule has 1 aliphatic rings. The Balaban J connectivity index is 0.803. The number of carbonyl (C=O) groups is 3. The smallest absolute Gasteiger partial charge is 0.347 e. The van der Waals surface area contributed by atoms with E-state index < -0.39 is 17.7 Å². The summed E-state index contributed by atoms with van der Waals surface area (Å²) in [6.45, 7) is 4.05. The quantitative estimate of drug-likeness (QED) is 0.0374. The van der Waals surface area contributed by atoms with Crippen molar-refractivity contribution in [1.29, 1.82) is 0 Å². The molecule has 1 fully saturated rings. The zero-order chi connectivity index (χ0) is 46.3. The van der Waals surface area contributed by atoms with Crippen molar-refractivity contribution in [2.45, 2.75) is 43.9 Å². The highest BCUT2D eigenvalue weighted by Crippen LogP contribution is 2.34. The van der Waals surface area contributed by atoms with Gasteiger partial charge in [-0.1, -0.05) is 91.0 Å². The molecule has 5 aromatic carbocycles. The Morgan fingerprint density at radius 1 is 0.788 bits per heavy atom. The van der Waals surface area contributed by atoms with Gasteiger partial charge in [0.25, 0.3) is 11.8 Å². The fraction of sp³-hybridized carbons (Fsp3) is 0.308. The van der Waals surface area contributed by atoms with Crippen molar-refractivity contribution in [1.82, 2.24) is 25.8 Å². The maximum absolute atomic E-state index is 13.8. The minimum absolute atomic E-state index is 0.0643. The van der Waals surface area contributed by atoms with Crippen LogP contribution in [0.25, 0.3) is 10.9 Å². The highest BCUT2D eigenvalue weighted by Gasteiger charge is 2.42. The zero-order valence-electron chi connectivity index (χ0n) is 36.8. The largest absolute Gasteiger partial charge is 0.506 e. The molecular formula is C52H57N5O9. The molecule has 14 heteroatoms. The highest BCUT2D eigenvalue weighted by molar-refractivity contribution is 5.94. The lowest BCUT2D eigenvalue weighted by Crippen LogP contribution is -2.40. The molecule has 14 nitrogen and oxygen atoms in total. The topological polar surface area (TPSA) is 203 Å². The molecule has 0 bridgehead atoms. The first-order valence-electron chi connectivity index (χ1n) is 22.4. The molecule has 2 atom stereocenters. The lowest BCUT2D eigenvalue weighted by atomic mass is 9.86. The van der Waals surface area contributed by atoms with Crippen molar-refractivity contribution in [2.75, 3.05) is 52.5 Å². The lowest BCUT2D eigenvalue weighted by molar-refractivity contribution is -0.164. The number of fused-ring (bicyclic) bond motifs is 1. The van der Waals surface area contributed by atoms with Crippen molar-refractivity contribution in [3.05, 3.63) is 177 Å². The lowest BCUT2D eigenvalue weighted by Gasteiger charge is -2.33. The van der Waals surface area contributed by atoms with Crippen molar-refractivity contribution in [3.63, 3.8) is 0 Å². The molecule has 2 heterocycles. The molecule has 0 spiro atoms. The first-order valence-corrected chi connectivity index (χ1v) is 22.4. The van der Waals surface area contributed by atoms with E-state index in [2.05, 4.69) is 38.0 Å². The number of aromatic hydroxyl groups is 1. The number of hydrogen-bond acceptors (Lipinski definition) is 11. The number of carbonyl (C=O) groups excluding carboxylic acids is 3. The van der Waals surface area contributed by atoms with Gasteiger partial charge in [-0.15, -0.1) is 0 Å². The molecule has 6 aromatic rings. The number of benzene rings is 5. The first kappa shape index (κ1) is 47.1. The third-order valence-electron chi connectivity index (χ3n) is 11.9. The Bertz CT molecular complexity index is 2600. The van der Waals surface area contributed by atoms with Gasteiger partial charge < -0.3 is 45.7 Å². The summed E-state index contributed by atoms with van der Waals surface area (Å²) in [6, 6.07) is 38.7. The number of nitrogens with one attached hydrogen (secondary N) is 4. The molecule has 0 saturated carbocycles. The van der Waals surface area contributed by atoms with Crippen molar-refractivity contribution in [2.24, 2.45) is 5.92 Å². The SMILES string of the molecule is O=C(COc1cccc([C@](O)(C(=O)OCC2CCN(Cc3ccccc3)CC2)c2ccccc2)c1)NCCCNC(=O)c1ccc(CCNC[C@H](O)c2ccc(O)c3[nH]c(=O)ccc23)cc1. The maximum Gasteiger partial charge on any atom is 0.347 e. The van der Waals surface area contributed by atoms with Crippen LogP contribution < -0.4 is 26.2 Å². The van der Waals surface area contributed by atoms with Gasteiger partial charge in [0.1, 0.15) is 11.5 Å². The predicted octanol–water partition coefficient (Wildman–Crippen LogP) is 5.11. The number of aromatic amines is 1. The van der Waals surface area contributed by atoms with E-state index in [-0.39, 0.29) is 59.9 Å². The molecule has 2 amide bonds. The Morgan fingerprint density at radius 3 is 2.26 bits per heavy atom. The summed E-state index contributed by atoms with van der Waals surface area (Å²) in [4.78, 5) is 56.0. The normalized spacial score (nSPS) is 14.5. The summed E-state index contributed by atoms with van der Waals surface area (Å²) in [5, 5.41) is 42.5. The number of H-pyrrole nitrogens is 1. The second kappa shape index (κ2) is 22.9. The van der Waals surface area contributed by atoms with Crippen molar-refractivity contribution < 1.29 is 39.2 Å². The highest BCUT2D eigenvalue weighted by atomic mass is 16.5. The van der Waals surface area contributed by atoms with Gasteiger partial charge in [0, 0.05) is 48.8 Å². The number of piperidine rings is 1. The van der Waals surface area contributed by atoms with E-state index >= 15 is 0 Å². The number of hydrogen-bond donors (Lipinski definition) is 7. The van der Waals surface area contributed by atoms with E-state index in [0.29, 0.717) is 60.3 Å². The number of esters is 1. The number of ether oxygens (including phenoxy) is 2. The molecule has 1 saturated heterocycles. The predicted molar refractivity (Wildman–Crippen MR) is 251 cm³/mol. The fourth-order valence-corrected chi connectivity index (χ4v) is 8.12. The van der Waals surface area contributed by atoms with E-state index in [0.717, 1.165) is 38.0 Å². The van der Waals surface area contributed by atoms with Gasteiger partial charge in [0.2, 0.25) is 11.2 Å². The third kappa shape index (κ3) is 12.5. The maximum atomic E-state index is 13.8. The molecule has 0 aliphatic carbocycles. The summed E-state index contributed by atoms with van der Waals surface area (Å²) in [5.41, 5.74) is 1.81. The average molecular weight is 896 g/mol. The standard InChI is InChI=1S/C52H57N5O9/c58-45-21-19-43(44-20-22-47(60)56-49(44)45)46(59)32-53-28-23-36-15-17-39(18-16-36)50(62)55-27-8-26-54-48(61)35-65-42-14-7-13-41(31-42)52(64,40-11-5-2-6-12-40)51(63)66-34-38-24-29-57(30-25-38)33-37-9-3-1-4-10-37/h1-7,9-22,31,38,46,53,58-59,64H,8,23-30,32-35H2,(H,54,61)(H,55,62)(H,56,60)/t46-,52-/m0/s1. The third-order valence-corrected chi connectivity index (χ3v) is 11.9. The molecule has 1 aromatic heterocycles.